The minimum Gasteiger partial charge on any atom is -0.493 e. The molecule has 1 aromatic carbocycles. The van der Waals surface area contributed by atoms with Gasteiger partial charge in [-0.05, 0) is 42.5 Å². The number of benzene rings is 1. The van der Waals surface area contributed by atoms with E-state index in [1.54, 1.807) is 14.2 Å². The van der Waals surface area contributed by atoms with Crippen LogP contribution < -0.4 is 9.47 Å². The van der Waals surface area contributed by atoms with E-state index >= 15 is 0 Å². The van der Waals surface area contributed by atoms with Gasteiger partial charge in [0, 0.05) is 26.4 Å². The summed E-state index contributed by atoms with van der Waals surface area (Å²) in [5, 5.41) is 0. The average Bonchev–Trinajstić information content (AvgIpc) is 2.50. The van der Waals surface area contributed by atoms with Gasteiger partial charge in [0.25, 0.3) is 0 Å². The maximum absolute atomic E-state index is 5.88. The van der Waals surface area contributed by atoms with Crippen LogP contribution in [0.4, 0.5) is 0 Å². The Morgan fingerprint density at radius 1 is 1.18 bits per heavy atom. The van der Waals surface area contributed by atoms with Gasteiger partial charge in [0.2, 0.25) is 0 Å². The molecular formula is C18H27NO3. The van der Waals surface area contributed by atoms with Gasteiger partial charge in [-0.1, -0.05) is 13.8 Å². The molecule has 1 aliphatic rings. The summed E-state index contributed by atoms with van der Waals surface area (Å²) in [5.74, 6) is 2.06. The Labute approximate surface area is 133 Å². The monoisotopic (exact) mass is 305 g/mol. The van der Waals surface area contributed by atoms with Gasteiger partial charge in [0.1, 0.15) is 0 Å². The predicted octanol–water partition coefficient (Wildman–Crippen LogP) is 3.50. The van der Waals surface area contributed by atoms with Crippen LogP contribution in [0.1, 0.15) is 38.3 Å². The van der Waals surface area contributed by atoms with Crippen molar-refractivity contribution in [2.24, 2.45) is 10.9 Å². The first kappa shape index (κ1) is 16.8. The van der Waals surface area contributed by atoms with Crippen LogP contribution in [0.3, 0.4) is 0 Å². The normalized spacial score (nSPS) is 20.1. The molecule has 22 heavy (non-hydrogen) atoms. The van der Waals surface area contributed by atoms with Crippen LogP contribution in [-0.4, -0.2) is 39.2 Å². The van der Waals surface area contributed by atoms with E-state index in [1.807, 2.05) is 12.3 Å². The fourth-order valence-electron chi connectivity index (χ4n) is 2.55. The van der Waals surface area contributed by atoms with E-state index < -0.39 is 0 Å². The van der Waals surface area contributed by atoms with Gasteiger partial charge >= 0.3 is 0 Å². The summed E-state index contributed by atoms with van der Waals surface area (Å²) in [4.78, 5) is 4.76. The number of hydrogen-bond acceptors (Lipinski definition) is 4. The second kappa shape index (κ2) is 7.14. The lowest BCUT2D eigenvalue weighted by atomic mass is 9.80. The van der Waals surface area contributed by atoms with Crippen molar-refractivity contribution in [2.75, 3.05) is 27.4 Å². The van der Waals surface area contributed by atoms with E-state index in [0.717, 1.165) is 29.9 Å². The fraction of sp³-hybridized carbons (Fsp3) is 0.611. The number of fused-ring (bicyclic) bond motifs is 1. The highest BCUT2D eigenvalue weighted by Crippen LogP contribution is 2.36. The molecular weight excluding hydrogens is 278 g/mol. The van der Waals surface area contributed by atoms with Crippen molar-refractivity contribution in [1.82, 2.24) is 0 Å². The molecule has 1 aliphatic heterocycles. The third-order valence-electron chi connectivity index (χ3n) is 4.47. The minimum atomic E-state index is -0.0467. The van der Waals surface area contributed by atoms with Crippen LogP contribution >= 0.6 is 0 Å². The molecule has 0 fully saturated rings. The molecule has 4 nitrogen and oxygen atoms in total. The highest BCUT2D eigenvalue weighted by Gasteiger charge is 2.31. The topological polar surface area (TPSA) is 40.0 Å². The molecule has 1 atom stereocenters. The molecule has 0 aromatic heterocycles. The van der Waals surface area contributed by atoms with Gasteiger partial charge in [-0.3, -0.25) is 4.99 Å². The molecule has 0 N–H and O–H groups in total. The predicted molar refractivity (Wildman–Crippen MR) is 89.5 cm³/mol. The summed E-state index contributed by atoms with van der Waals surface area (Å²) < 4.78 is 16.4. The van der Waals surface area contributed by atoms with Crippen molar-refractivity contribution in [1.29, 1.82) is 0 Å². The third-order valence-corrected chi connectivity index (χ3v) is 4.47. The lowest BCUT2D eigenvalue weighted by Crippen LogP contribution is -2.34. The van der Waals surface area contributed by atoms with Gasteiger partial charge in [0.05, 0.1) is 19.3 Å². The number of nitrogens with zero attached hydrogens (tertiary/aromatic N) is 1. The lowest BCUT2D eigenvalue weighted by Gasteiger charge is -2.33. The Kier molecular flexibility index (Phi) is 5.46. The highest BCUT2D eigenvalue weighted by atomic mass is 16.5. The van der Waals surface area contributed by atoms with Crippen LogP contribution in [0, 0.1) is 5.92 Å². The standard InChI is InChI=1S/C18H27NO3/c1-13(2)18(3)11-14-9-17(22-8-6-7-20-4)16(21-5)10-15(14)12-19-18/h9-10,12-13H,6-8,11H2,1-5H3. The number of ether oxygens (including phenoxy) is 3. The SMILES string of the molecule is COCCCOc1cc2c(cc1OC)C=NC(C)(C(C)C)C2. The number of methoxy groups -OCH3 is 2. The molecule has 0 radical (unpaired) electrons. The molecule has 2 rings (SSSR count). The minimum absolute atomic E-state index is 0.0467. The zero-order chi connectivity index (χ0) is 16.2. The van der Waals surface area contributed by atoms with Crippen LogP contribution in [0.15, 0.2) is 17.1 Å². The quantitative estimate of drug-likeness (QED) is 0.724. The molecule has 0 bridgehead atoms. The first-order chi connectivity index (χ1) is 10.5. The van der Waals surface area contributed by atoms with Gasteiger partial charge in [-0.2, -0.15) is 0 Å². The molecule has 4 heteroatoms. The third kappa shape index (κ3) is 3.61. The van der Waals surface area contributed by atoms with Gasteiger partial charge in [0.15, 0.2) is 11.5 Å². The molecule has 0 spiro atoms. The molecule has 0 amide bonds. The zero-order valence-electron chi connectivity index (χ0n) is 14.3. The second-order valence-corrected chi connectivity index (χ2v) is 6.34. The Balaban J connectivity index is 2.22. The second-order valence-electron chi connectivity index (χ2n) is 6.34. The molecule has 0 saturated carbocycles. The van der Waals surface area contributed by atoms with Crippen molar-refractivity contribution >= 4 is 6.21 Å². The van der Waals surface area contributed by atoms with E-state index in [1.165, 1.54) is 5.56 Å². The number of aliphatic imine (C=N–C) groups is 1. The van der Waals surface area contributed by atoms with Crippen LogP contribution in [0.2, 0.25) is 0 Å². The molecule has 0 aliphatic carbocycles. The summed E-state index contributed by atoms with van der Waals surface area (Å²) in [7, 11) is 3.37. The Morgan fingerprint density at radius 3 is 2.59 bits per heavy atom. The fourth-order valence-corrected chi connectivity index (χ4v) is 2.55. The van der Waals surface area contributed by atoms with Crippen molar-refractivity contribution in [3.05, 3.63) is 23.3 Å². The van der Waals surface area contributed by atoms with Crippen LogP contribution in [0.5, 0.6) is 11.5 Å². The Morgan fingerprint density at radius 2 is 1.95 bits per heavy atom. The van der Waals surface area contributed by atoms with Gasteiger partial charge < -0.3 is 14.2 Å². The van der Waals surface area contributed by atoms with Crippen molar-refractivity contribution in [2.45, 2.75) is 39.2 Å². The van der Waals surface area contributed by atoms with Crippen molar-refractivity contribution < 1.29 is 14.2 Å². The number of rotatable bonds is 7. The maximum atomic E-state index is 5.88. The Hall–Kier alpha value is -1.55. The molecule has 122 valence electrons. The summed E-state index contributed by atoms with van der Waals surface area (Å²) in [6.07, 6.45) is 3.76. The summed E-state index contributed by atoms with van der Waals surface area (Å²) >= 11 is 0. The van der Waals surface area contributed by atoms with E-state index in [-0.39, 0.29) is 5.54 Å². The zero-order valence-corrected chi connectivity index (χ0v) is 14.3. The molecule has 1 aromatic rings. The Bertz CT molecular complexity index is 539. The van der Waals surface area contributed by atoms with Gasteiger partial charge in [-0.15, -0.1) is 0 Å². The lowest BCUT2D eigenvalue weighted by molar-refractivity contribution is 0.170. The van der Waals surface area contributed by atoms with Crippen LogP contribution in [-0.2, 0) is 11.2 Å². The average molecular weight is 305 g/mol. The van der Waals surface area contributed by atoms with E-state index in [9.17, 15) is 0 Å². The first-order valence-electron chi connectivity index (χ1n) is 7.88. The largest absolute Gasteiger partial charge is 0.493 e. The summed E-state index contributed by atoms with van der Waals surface area (Å²) in [5.41, 5.74) is 2.35. The molecule has 1 heterocycles. The summed E-state index contributed by atoms with van der Waals surface area (Å²) in [6.45, 7) is 7.96. The van der Waals surface area contributed by atoms with Crippen molar-refractivity contribution in [3.63, 3.8) is 0 Å². The van der Waals surface area contributed by atoms with Gasteiger partial charge in [-0.25, -0.2) is 0 Å². The first-order valence-corrected chi connectivity index (χ1v) is 7.88. The van der Waals surface area contributed by atoms with Crippen molar-refractivity contribution in [3.8, 4) is 11.5 Å². The van der Waals surface area contributed by atoms with E-state index in [2.05, 4.69) is 26.8 Å². The smallest absolute Gasteiger partial charge is 0.161 e. The summed E-state index contributed by atoms with van der Waals surface area (Å²) in [6, 6.07) is 4.12. The highest BCUT2D eigenvalue weighted by molar-refractivity contribution is 5.85. The van der Waals surface area contributed by atoms with E-state index in [4.69, 9.17) is 19.2 Å². The maximum Gasteiger partial charge on any atom is 0.161 e. The van der Waals surface area contributed by atoms with E-state index in [0.29, 0.717) is 19.1 Å². The number of hydrogen-bond donors (Lipinski definition) is 0. The molecule has 1 unspecified atom stereocenters. The van der Waals surface area contributed by atoms with Crippen LogP contribution in [0.25, 0.3) is 0 Å². The molecule has 0 saturated heterocycles.